The second kappa shape index (κ2) is 3.33. The first-order valence-corrected chi connectivity index (χ1v) is 4.74. The number of nitrogens with one attached hydrogen (secondary N) is 1. The Kier molecular flexibility index (Phi) is 2.56. The minimum atomic E-state index is -0.402. The molecular formula is C8H13N3OS. The second-order valence-electron chi connectivity index (χ2n) is 3.77. The standard InChI is InChI=1S/C8H13N3OS/c1-8(2,3)6(12)11-7-10-4-5(9)13-7/h4H,9H2,1-3H3,(H,10,11,12). The average Bonchev–Trinajstić information content (AvgIpc) is 2.33. The highest BCUT2D eigenvalue weighted by Gasteiger charge is 2.21. The number of hydrogen-bond donors (Lipinski definition) is 2. The fraction of sp³-hybridized carbons (Fsp3) is 0.500. The maximum Gasteiger partial charge on any atom is 0.231 e. The summed E-state index contributed by atoms with van der Waals surface area (Å²) in [6.07, 6.45) is 1.53. The van der Waals surface area contributed by atoms with E-state index < -0.39 is 5.41 Å². The van der Waals surface area contributed by atoms with Crippen LogP contribution in [-0.4, -0.2) is 10.9 Å². The number of anilines is 2. The number of carbonyl (C=O) groups excluding carboxylic acids is 1. The molecule has 1 heterocycles. The van der Waals surface area contributed by atoms with Crippen LogP contribution in [0.5, 0.6) is 0 Å². The van der Waals surface area contributed by atoms with Crippen LogP contribution < -0.4 is 11.1 Å². The van der Waals surface area contributed by atoms with Crippen molar-refractivity contribution in [2.75, 3.05) is 11.1 Å². The summed E-state index contributed by atoms with van der Waals surface area (Å²) >= 11 is 1.27. The number of rotatable bonds is 1. The van der Waals surface area contributed by atoms with E-state index in [0.29, 0.717) is 10.1 Å². The molecule has 5 heteroatoms. The molecule has 0 aromatic carbocycles. The Bertz CT molecular complexity index is 313. The number of aromatic nitrogens is 1. The second-order valence-corrected chi connectivity index (χ2v) is 4.83. The maximum absolute atomic E-state index is 11.5. The zero-order valence-corrected chi connectivity index (χ0v) is 8.73. The van der Waals surface area contributed by atoms with Gasteiger partial charge in [-0.25, -0.2) is 4.98 Å². The molecule has 1 aromatic rings. The van der Waals surface area contributed by atoms with Crippen LogP contribution in [0, 0.1) is 5.41 Å². The maximum atomic E-state index is 11.5. The summed E-state index contributed by atoms with van der Waals surface area (Å²) in [6.45, 7) is 5.54. The lowest BCUT2D eigenvalue weighted by Crippen LogP contribution is -2.27. The number of nitrogens with two attached hydrogens (primary N) is 1. The van der Waals surface area contributed by atoms with Crippen molar-refractivity contribution in [1.29, 1.82) is 0 Å². The molecule has 0 atom stereocenters. The Morgan fingerprint density at radius 2 is 2.23 bits per heavy atom. The number of nitrogens with zero attached hydrogens (tertiary/aromatic N) is 1. The van der Waals surface area contributed by atoms with Gasteiger partial charge in [0.2, 0.25) is 5.91 Å². The monoisotopic (exact) mass is 199 g/mol. The summed E-state index contributed by atoms with van der Waals surface area (Å²) in [5, 5.41) is 3.85. The number of thiazole rings is 1. The van der Waals surface area contributed by atoms with Crippen LogP contribution in [0.1, 0.15) is 20.8 Å². The third kappa shape index (κ3) is 2.69. The van der Waals surface area contributed by atoms with Crippen LogP contribution >= 0.6 is 11.3 Å². The molecule has 4 nitrogen and oxygen atoms in total. The first kappa shape index (κ1) is 9.98. The van der Waals surface area contributed by atoms with Crippen molar-refractivity contribution in [2.45, 2.75) is 20.8 Å². The van der Waals surface area contributed by atoms with Crippen LogP contribution in [0.25, 0.3) is 0 Å². The lowest BCUT2D eigenvalue weighted by Gasteiger charge is -2.15. The minimum absolute atomic E-state index is 0.0538. The zero-order valence-electron chi connectivity index (χ0n) is 7.92. The Balaban J connectivity index is 2.65. The molecule has 0 fully saturated rings. The predicted molar refractivity (Wildman–Crippen MR) is 54.6 cm³/mol. The third-order valence-electron chi connectivity index (χ3n) is 1.43. The summed E-state index contributed by atoms with van der Waals surface area (Å²) < 4.78 is 0. The van der Waals surface area contributed by atoms with Crippen LogP contribution in [0.2, 0.25) is 0 Å². The van der Waals surface area contributed by atoms with E-state index in [2.05, 4.69) is 10.3 Å². The fourth-order valence-corrected chi connectivity index (χ4v) is 1.21. The van der Waals surface area contributed by atoms with Gasteiger partial charge < -0.3 is 11.1 Å². The van der Waals surface area contributed by atoms with Gasteiger partial charge in [-0.1, -0.05) is 32.1 Å². The van der Waals surface area contributed by atoms with Crippen molar-refractivity contribution in [3.8, 4) is 0 Å². The largest absolute Gasteiger partial charge is 0.389 e. The Labute approximate surface area is 81.2 Å². The molecule has 0 radical (unpaired) electrons. The van der Waals surface area contributed by atoms with E-state index in [9.17, 15) is 4.79 Å². The van der Waals surface area contributed by atoms with E-state index in [-0.39, 0.29) is 5.91 Å². The quantitative estimate of drug-likeness (QED) is 0.723. The first-order valence-electron chi connectivity index (χ1n) is 3.92. The summed E-state index contributed by atoms with van der Waals surface area (Å²) in [4.78, 5) is 15.4. The molecular weight excluding hydrogens is 186 g/mol. The predicted octanol–water partition coefficient (Wildman–Crippen LogP) is 1.71. The van der Waals surface area contributed by atoms with E-state index >= 15 is 0 Å². The number of amides is 1. The number of nitrogen functional groups attached to an aromatic ring is 1. The van der Waals surface area contributed by atoms with Gasteiger partial charge in [0.1, 0.15) is 5.00 Å². The lowest BCUT2D eigenvalue weighted by molar-refractivity contribution is -0.123. The van der Waals surface area contributed by atoms with Gasteiger partial charge in [0.25, 0.3) is 0 Å². The third-order valence-corrected chi connectivity index (χ3v) is 2.17. The van der Waals surface area contributed by atoms with E-state index in [1.54, 1.807) is 0 Å². The van der Waals surface area contributed by atoms with Crippen LogP contribution in [0.15, 0.2) is 6.20 Å². The van der Waals surface area contributed by atoms with Gasteiger partial charge in [0, 0.05) is 5.41 Å². The molecule has 3 N–H and O–H groups in total. The molecule has 0 bridgehead atoms. The highest BCUT2D eigenvalue weighted by atomic mass is 32.1. The number of hydrogen-bond acceptors (Lipinski definition) is 4. The van der Waals surface area contributed by atoms with Gasteiger partial charge in [-0.05, 0) is 0 Å². The molecule has 1 amide bonds. The average molecular weight is 199 g/mol. The molecule has 0 aliphatic heterocycles. The molecule has 0 saturated carbocycles. The highest BCUT2D eigenvalue weighted by Crippen LogP contribution is 2.22. The molecule has 1 aromatic heterocycles. The van der Waals surface area contributed by atoms with E-state index in [4.69, 9.17) is 5.73 Å². The fourth-order valence-electron chi connectivity index (χ4n) is 0.629. The van der Waals surface area contributed by atoms with Crippen LogP contribution in [-0.2, 0) is 4.79 Å². The molecule has 0 aliphatic rings. The molecule has 0 unspecified atom stereocenters. The Morgan fingerprint density at radius 1 is 1.62 bits per heavy atom. The van der Waals surface area contributed by atoms with Crippen molar-refractivity contribution < 1.29 is 4.79 Å². The van der Waals surface area contributed by atoms with Gasteiger partial charge in [0.15, 0.2) is 5.13 Å². The van der Waals surface area contributed by atoms with Crippen LogP contribution in [0.3, 0.4) is 0 Å². The lowest BCUT2D eigenvalue weighted by atomic mass is 9.96. The van der Waals surface area contributed by atoms with Crippen molar-refractivity contribution in [3.63, 3.8) is 0 Å². The Morgan fingerprint density at radius 3 is 2.62 bits per heavy atom. The smallest absolute Gasteiger partial charge is 0.231 e. The normalized spacial score (nSPS) is 11.3. The van der Waals surface area contributed by atoms with Crippen LogP contribution in [0.4, 0.5) is 10.1 Å². The summed E-state index contributed by atoms with van der Waals surface area (Å²) in [7, 11) is 0. The summed E-state index contributed by atoms with van der Waals surface area (Å²) in [6, 6.07) is 0. The van der Waals surface area contributed by atoms with Gasteiger partial charge in [-0.2, -0.15) is 0 Å². The summed E-state index contributed by atoms with van der Waals surface area (Å²) in [5.74, 6) is -0.0538. The summed E-state index contributed by atoms with van der Waals surface area (Å²) in [5.41, 5.74) is 5.07. The van der Waals surface area contributed by atoms with E-state index in [1.165, 1.54) is 17.5 Å². The van der Waals surface area contributed by atoms with Gasteiger partial charge in [0.05, 0.1) is 6.20 Å². The molecule has 13 heavy (non-hydrogen) atoms. The van der Waals surface area contributed by atoms with Gasteiger partial charge in [-0.15, -0.1) is 0 Å². The molecule has 0 spiro atoms. The van der Waals surface area contributed by atoms with Crippen molar-refractivity contribution in [3.05, 3.63) is 6.20 Å². The Hall–Kier alpha value is -1.10. The van der Waals surface area contributed by atoms with Gasteiger partial charge >= 0.3 is 0 Å². The van der Waals surface area contributed by atoms with Crippen molar-refractivity contribution in [1.82, 2.24) is 4.98 Å². The van der Waals surface area contributed by atoms with Crippen molar-refractivity contribution in [2.24, 2.45) is 5.41 Å². The zero-order chi connectivity index (χ0) is 10.1. The first-order chi connectivity index (χ1) is 5.89. The molecule has 0 saturated heterocycles. The minimum Gasteiger partial charge on any atom is -0.389 e. The highest BCUT2D eigenvalue weighted by molar-refractivity contribution is 7.19. The van der Waals surface area contributed by atoms with Gasteiger partial charge in [-0.3, -0.25) is 4.79 Å². The molecule has 0 aliphatic carbocycles. The SMILES string of the molecule is CC(C)(C)C(=O)Nc1ncc(N)s1. The topological polar surface area (TPSA) is 68.0 Å². The number of carbonyl (C=O) groups is 1. The van der Waals surface area contributed by atoms with E-state index in [1.807, 2.05) is 20.8 Å². The molecule has 72 valence electrons. The molecule has 1 rings (SSSR count). The van der Waals surface area contributed by atoms with Crippen molar-refractivity contribution >= 4 is 27.4 Å². The van der Waals surface area contributed by atoms with E-state index in [0.717, 1.165) is 0 Å².